The van der Waals surface area contributed by atoms with Gasteiger partial charge in [-0.25, -0.2) is 9.78 Å². The molecule has 0 N–H and O–H groups in total. The lowest BCUT2D eigenvalue weighted by Crippen LogP contribution is -2.32. The maximum atomic E-state index is 12.4. The molecule has 0 saturated carbocycles. The van der Waals surface area contributed by atoms with E-state index in [-0.39, 0.29) is 12.1 Å². The minimum Gasteiger partial charge on any atom is -0.497 e. The fourth-order valence-corrected chi connectivity index (χ4v) is 2.93. The van der Waals surface area contributed by atoms with Crippen LogP contribution < -0.4 is 9.64 Å². The van der Waals surface area contributed by atoms with Crippen molar-refractivity contribution >= 4 is 11.8 Å². The summed E-state index contributed by atoms with van der Waals surface area (Å²) in [5.74, 6) is 1.19. The minimum absolute atomic E-state index is 0.156. The highest BCUT2D eigenvalue weighted by Crippen LogP contribution is 2.28. The summed E-state index contributed by atoms with van der Waals surface area (Å²) in [6, 6.07) is 9.69. The van der Waals surface area contributed by atoms with Crippen molar-refractivity contribution in [1.82, 2.24) is 4.98 Å². The molecular formula is C19H22N2O3. The summed E-state index contributed by atoms with van der Waals surface area (Å²) in [7, 11) is 1.67. The monoisotopic (exact) mass is 326 g/mol. The van der Waals surface area contributed by atoms with Crippen molar-refractivity contribution in [3.63, 3.8) is 0 Å². The molecule has 0 atom stereocenters. The molecule has 1 aliphatic heterocycles. The van der Waals surface area contributed by atoms with E-state index in [4.69, 9.17) is 9.47 Å². The summed E-state index contributed by atoms with van der Waals surface area (Å²) in [4.78, 5) is 18.9. The third kappa shape index (κ3) is 3.35. The van der Waals surface area contributed by atoms with Crippen molar-refractivity contribution in [2.75, 3.05) is 18.6 Å². The first kappa shape index (κ1) is 16.3. The van der Waals surface area contributed by atoms with Gasteiger partial charge in [0.25, 0.3) is 0 Å². The second-order valence-electron chi connectivity index (χ2n) is 6.13. The minimum atomic E-state index is -0.329. The van der Waals surface area contributed by atoms with E-state index in [9.17, 15) is 4.79 Å². The molecule has 0 spiro atoms. The molecule has 1 aliphatic rings. The first-order chi connectivity index (χ1) is 11.6. The number of nitrogens with zero attached hydrogens (tertiary/aromatic N) is 2. The van der Waals surface area contributed by atoms with Crippen LogP contribution >= 0.6 is 0 Å². The number of benzene rings is 1. The first-order valence-electron chi connectivity index (χ1n) is 8.15. The molecule has 126 valence electrons. The number of carbonyl (C=O) groups is 1. The second kappa shape index (κ2) is 6.91. The lowest BCUT2D eigenvalue weighted by Gasteiger charge is -2.31. The molecule has 0 saturated heterocycles. The van der Waals surface area contributed by atoms with E-state index in [0.29, 0.717) is 17.9 Å². The van der Waals surface area contributed by atoms with Gasteiger partial charge in [-0.1, -0.05) is 6.07 Å². The zero-order chi connectivity index (χ0) is 17.1. The molecule has 0 unspecified atom stereocenters. The van der Waals surface area contributed by atoms with Crippen LogP contribution in [0.2, 0.25) is 0 Å². The van der Waals surface area contributed by atoms with E-state index in [1.54, 1.807) is 25.4 Å². The average molecular weight is 326 g/mol. The largest absolute Gasteiger partial charge is 0.497 e. The van der Waals surface area contributed by atoms with E-state index in [0.717, 1.165) is 18.7 Å². The SMILES string of the molecule is COc1ccc2c(c1)CN(c1ncccc1C(=O)OC(C)C)CC2. The predicted molar refractivity (Wildman–Crippen MR) is 92.5 cm³/mol. The summed E-state index contributed by atoms with van der Waals surface area (Å²) in [5.41, 5.74) is 3.03. The molecule has 5 nitrogen and oxygen atoms in total. The van der Waals surface area contributed by atoms with E-state index in [1.165, 1.54) is 11.1 Å². The van der Waals surface area contributed by atoms with Crippen molar-refractivity contribution in [3.8, 4) is 5.75 Å². The maximum Gasteiger partial charge on any atom is 0.342 e. The standard InChI is InChI=1S/C19H22N2O3/c1-13(2)24-19(22)17-5-4-9-20-18(17)21-10-8-14-6-7-16(23-3)11-15(14)12-21/h4-7,9,11,13H,8,10,12H2,1-3H3. The average Bonchev–Trinajstić information content (AvgIpc) is 2.60. The fraction of sp³-hybridized carbons (Fsp3) is 0.368. The lowest BCUT2D eigenvalue weighted by molar-refractivity contribution is 0.0378. The number of anilines is 1. The number of hydrogen-bond acceptors (Lipinski definition) is 5. The topological polar surface area (TPSA) is 51.7 Å². The molecule has 2 aromatic rings. The Bertz CT molecular complexity index is 743. The molecule has 0 fully saturated rings. The Hall–Kier alpha value is -2.56. The van der Waals surface area contributed by atoms with Crippen molar-refractivity contribution in [2.24, 2.45) is 0 Å². The van der Waals surface area contributed by atoms with Crippen molar-refractivity contribution in [1.29, 1.82) is 0 Å². The number of methoxy groups -OCH3 is 1. The van der Waals surface area contributed by atoms with Gasteiger partial charge in [0.15, 0.2) is 0 Å². The molecular weight excluding hydrogens is 304 g/mol. The van der Waals surface area contributed by atoms with Crippen LogP contribution in [-0.4, -0.2) is 30.7 Å². The van der Waals surface area contributed by atoms with Crippen LogP contribution in [0.25, 0.3) is 0 Å². The molecule has 2 heterocycles. The number of pyridine rings is 1. The number of hydrogen-bond donors (Lipinski definition) is 0. The van der Waals surface area contributed by atoms with Crippen LogP contribution in [0.3, 0.4) is 0 Å². The van der Waals surface area contributed by atoms with Gasteiger partial charge in [-0.3, -0.25) is 0 Å². The quantitative estimate of drug-likeness (QED) is 0.808. The molecule has 0 amide bonds. The van der Waals surface area contributed by atoms with Crippen molar-refractivity contribution in [2.45, 2.75) is 32.9 Å². The summed E-state index contributed by atoms with van der Waals surface area (Å²) < 4.78 is 10.7. The van der Waals surface area contributed by atoms with Crippen LogP contribution in [0.5, 0.6) is 5.75 Å². The first-order valence-corrected chi connectivity index (χ1v) is 8.15. The second-order valence-corrected chi connectivity index (χ2v) is 6.13. The zero-order valence-corrected chi connectivity index (χ0v) is 14.3. The fourth-order valence-electron chi connectivity index (χ4n) is 2.93. The number of esters is 1. The van der Waals surface area contributed by atoms with Gasteiger partial charge >= 0.3 is 5.97 Å². The van der Waals surface area contributed by atoms with Gasteiger partial charge in [-0.15, -0.1) is 0 Å². The van der Waals surface area contributed by atoms with Gasteiger partial charge in [0.05, 0.1) is 13.2 Å². The Kier molecular flexibility index (Phi) is 4.69. The smallest absolute Gasteiger partial charge is 0.342 e. The van der Waals surface area contributed by atoms with Gasteiger partial charge in [0, 0.05) is 19.3 Å². The Morgan fingerprint density at radius 1 is 1.25 bits per heavy atom. The summed E-state index contributed by atoms with van der Waals surface area (Å²) in [6.45, 7) is 5.21. The highest BCUT2D eigenvalue weighted by atomic mass is 16.5. The van der Waals surface area contributed by atoms with Crippen LogP contribution in [-0.2, 0) is 17.7 Å². The number of carbonyl (C=O) groups excluding carboxylic acids is 1. The molecule has 1 aromatic heterocycles. The Balaban J connectivity index is 1.89. The molecule has 0 bridgehead atoms. The van der Waals surface area contributed by atoms with Crippen LogP contribution in [0.1, 0.15) is 35.3 Å². The van der Waals surface area contributed by atoms with Gasteiger partial charge in [-0.05, 0) is 55.7 Å². The highest BCUT2D eigenvalue weighted by molar-refractivity contribution is 5.94. The van der Waals surface area contributed by atoms with E-state index < -0.39 is 0 Å². The van der Waals surface area contributed by atoms with Gasteiger partial charge < -0.3 is 14.4 Å². The molecule has 0 radical (unpaired) electrons. The molecule has 3 rings (SSSR count). The van der Waals surface area contributed by atoms with Crippen LogP contribution in [0.15, 0.2) is 36.5 Å². The Morgan fingerprint density at radius 2 is 2.08 bits per heavy atom. The third-order valence-electron chi connectivity index (χ3n) is 4.07. The number of ether oxygens (including phenoxy) is 2. The van der Waals surface area contributed by atoms with Gasteiger partial charge in [-0.2, -0.15) is 0 Å². The Morgan fingerprint density at radius 3 is 2.83 bits per heavy atom. The summed E-state index contributed by atoms with van der Waals surface area (Å²) in [5, 5.41) is 0. The number of aromatic nitrogens is 1. The lowest BCUT2D eigenvalue weighted by atomic mass is 9.99. The number of rotatable bonds is 4. The summed E-state index contributed by atoms with van der Waals surface area (Å²) >= 11 is 0. The highest BCUT2D eigenvalue weighted by Gasteiger charge is 2.23. The van der Waals surface area contributed by atoms with E-state index >= 15 is 0 Å². The normalized spacial score (nSPS) is 13.6. The van der Waals surface area contributed by atoms with Crippen LogP contribution in [0, 0.1) is 0 Å². The molecule has 1 aromatic carbocycles. The van der Waals surface area contributed by atoms with Crippen molar-refractivity contribution in [3.05, 3.63) is 53.2 Å². The predicted octanol–water partition coefficient (Wildman–Crippen LogP) is 3.22. The van der Waals surface area contributed by atoms with E-state index in [2.05, 4.69) is 22.0 Å². The van der Waals surface area contributed by atoms with E-state index in [1.807, 2.05) is 19.9 Å². The van der Waals surface area contributed by atoms with Gasteiger partial charge in [0.2, 0.25) is 0 Å². The van der Waals surface area contributed by atoms with Gasteiger partial charge in [0.1, 0.15) is 17.1 Å². The number of fused-ring (bicyclic) bond motifs is 1. The molecule has 24 heavy (non-hydrogen) atoms. The zero-order valence-electron chi connectivity index (χ0n) is 14.3. The van der Waals surface area contributed by atoms with Crippen molar-refractivity contribution < 1.29 is 14.3 Å². The Labute approximate surface area is 142 Å². The van der Waals surface area contributed by atoms with Crippen LogP contribution in [0.4, 0.5) is 5.82 Å². The summed E-state index contributed by atoms with van der Waals surface area (Å²) in [6.07, 6.45) is 2.47. The molecule has 0 aliphatic carbocycles. The third-order valence-corrected chi connectivity index (χ3v) is 4.07. The maximum absolute atomic E-state index is 12.4. The molecule has 5 heteroatoms.